The fraction of sp³-hybridized carbons (Fsp3) is 0.448. The van der Waals surface area contributed by atoms with Gasteiger partial charge >= 0.3 is 18.0 Å². The van der Waals surface area contributed by atoms with Crippen molar-refractivity contribution in [1.29, 1.82) is 0 Å². The highest BCUT2D eigenvalue weighted by Crippen LogP contribution is 2.20. The van der Waals surface area contributed by atoms with Gasteiger partial charge in [-0.2, -0.15) is 0 Å². The lowest BCUT2D eigenvalue weighted by atomic mass is 10.0. The number of benzene rings is 2. The summed E-state index contributed by atoms with van der Waals surface area (Å²) in [6, 6.07) is 13.9. The van der Waals surface area contributed by atoms with E-state index in [0.717, 1.165) is 11.1 Å². The van der Waals surface area contributed by atoms with Crippen LogP contribution in [0.4, 0.5) is 4.79 Å². The summed E-state index contributed by atoms with van der Waals surface area (Å²) >= 11 is 0. The number of carbonyl (C=O) groups excluding carboxylic acids is 4. The maximum atomic E-state index is 13.6. The lowest BCUT2D eigenvalue weighted by molar-refractivity contribution is -0.162. The molecule has 38 heavy (non-hydrogen) atoms. The zero-order valence-electron chi connectivity index (χ0n) is 25.2. The number of amides is 3. The second kappa shape index (κ2) is 12.7. The van der Waals surface area contributed by atoms with E-state index in [2.05, 4.69) is 5.32 Å². The second-order valence-electron chi connectivity index (χ2n) is 10.2. The van der Waals surface area contributed by atoms with Crippen LogP contribution in [-0.4, -0.2) is 70.9 Å². The number of nitrogens with one attached hydrogen (secondary N) is 1. The Morgan fingerprint density at radius 1 is 1.05 bits per heavy atom. The topological polar surface area (TPSA) is 105 Å². The summed E-state index contributed by atoms with van der Waals surface area (Å²) in [6.07, 6.45) is 0.774. The van der Waals surface area contributed by atoms with Gasteiger partial charge in [-0.05, 0) is 51.7 Å². The van der Waals surface area contributed by atoms with Crippen LogP contribution < -0.4 is 5.32 Å². The molecule has 0 aromatic heterocycles. The van der Waals surface area contributed by atoms with Crippen LogP contribution in [0.2, 0.25) is 0 Å². The Kier molecular flexibility index (Phi) is 8.22. The van der Waals surface area contributed by atoms with Gasteiger partial charge in [-0.25, -0.2) is 14.5 Å². The fourth-order valence-corrected chi connectivity index (χ4v) is 4.03. The summed E-state index contributed by atoms with van der Waals surface area (Å²) in [6.45, 7) is 2.93. The van der Waals surface area contributed by atoms with Gasteiger partial charge in [0.25, 0.3) is 0 Å². The van der Waals surface area contributed by atoms with Crippen molar-refractivity contribution in [1.82, 2.24) is 15.1 Å². The van der Waals surface area contributed by atoms with Crippen molar-refractivity contribution < 1.29 is 32.8 Å². The third-order valence-electron chi connectivity index (χ3n) is 5.92. The predicted molar refractivity (Wildman–Crippen MR) is 142 cm³/mol. The zero-order valence-corrected chi connectivity index (χ0v) is 22.2. The smallest absolute Gasteiger partial charge is 0.331 e. The number of likely N-dealkylation sites (N-methyl/N-ethyl adjacent to an activating group) is 1. The minimum Gasteiger partial charge on any atom is -0.460 e. The molecule has 1 aliphatic heterocycles. The third kappa shape index (κ3) is 7.89. The summed E-state index contributed by atoms with van der Waals surface area (Å²) < 4.78 is 34.0. The van der Waals surface area contributed by atoms with E-state index in [0.29, 0.717) is 16.2 Å². The highest BCUT2D eigenvalue weighted by Gasteiger charge is 2.46. The number of hydrogen-bond acceptors (Lipinski definition) is 7. The molecule has 0 aliphatic carbocycles. The van der Waals surface area contributed by atoms with Crippen molar-refractivity contribution in [2.75, 3.05) is 13.5 Å². The Balaban J connectivity index is 1.80. The van der Waals surface area contributed by atoms with Gasteiger partial charge in [0, 0.05) is 11.1 Å². The maximum Gasteiger partial charge on any atom is 0.331 e. The van der Waals surface area contributed by atoms with E-state index in [-0.39, 0.29) is 13.0 Å². The average Bonchev–Trinajstić information content (AvgIpc) is 3.27. The molecular weight excluding hydrogens is 486 g/mol. The molecule has 0 spiro atoms. The number of rotatable bonds is 10. The molecule has 204 valence electrons. The molecule has 1 heterocycles. The Bertz CT molecular complexity index is 1220. The third-order valence-corrected chi connectivity index (χ3v) is 5.92. The van der Waals surface area contributed by atoms with E-state index in [1.54, 1.807) is 20.8 Å². The van der Waals surface area contributed by atoms with E-state index in [1.165, 1.54) is 6.92 Å². The minimum absolute atomic E-state index is 0.0321. The molecule has 3 atom stereocenters. The van der Waals surface area contributed by atoms with Gasteiger partial charge in [-0.1, -0.05) is 60.7 Å². The highest BCUT2D eigenvalue weighted by atomic mass is 16.6. The summed E-state index contributed by atoms with van der Waals surface area (Å²) in [7, 11) is 0. The average molecular weight is 527 g/mol. The minimum atomic E-state index is -2.87. The van der Waals surface area contributed by atoms with Crippen molar-refractivity contribution in [3.63, 3.8) is 0 Å². The van der Waals surface area contributed by atoms with Crippen molar-refractivity contribution in [3.8, 4) is 0 Å². The van der Waals surface area contributed by atoms with Crippen LogP contribution in [0.15, 0.2) is 60.7 Å². The lowest BCUT2D eigenvalue weighted by Crippen LogP contribution is -2.55. The van der Waals surface area contributed by atoms with Crippen LogP contribution in [0.1, 0.15) is 49.4 Å². The van der Waals surface area contributed by atoms with Crippen molar-refractivity contribution in [3.05, 3.63) is 71.8 Å². The number of aryl methyl sites for hydroxylation is 1. The molecule has 0 bridgehead atoms. The van der Waals surface area contributed by atoms with E-state index >= 15 is 0 Å². The molecule has 2 aromatic rings. The monoisotopic (exact) mass is 526 g/mol. The van der Waals surface area contributed by atoms with E-state index < -0.39 is 61.1 Å². The largest absolute Gasteiger partial charge is 0.460 e. The van der Waals surface area contributed by atoms with Crippen LogP contribution >= 0.6 is 0 Å². The molecule has 1 fully saturated rings. The summed E-state index contributed by atoms with van der Waals surface area (Å²) in [5.74, 6) is -2.36. The number of imide groups is 1. The van der Waals surface area contributed by atoms with Crippen molar-refractivity contribution in [2.45, 2.75) is 70.9 Å². The van der Waals surface area contributed by atoms with Crippen LogP contribution in [0, 0.1) is 0 Å². The zero-order chi connectivity index (χ0) is 30.4. The van der Waals surface area contributed by atoms with Gasteiger partial charge in [0.1, 0.15) is 18.2 Å². The second-order valence-corrected chi connectivity index (χ2v) is 10.2. The first-order chi connectivity index (χ1) is 19.2. The Morgan fingerprint density at radius 2 is 1.66 bits per heavy atom. The summed E-state index contributed by atoms with van der Waals surface area (Å²) in [4.78, 5) is 53.9. The normalized spacial score (nSPS) is 18.7. The van der Waals surface area contributed by atoms with E-state index in [9.17, 15) is 19.2 Å². The summed E-state index contributed by atoms with van der Waals surface area (Å²) in [5, 5.41) is 2.95. The van der Waals surface area contributed by atoms with Gasteiger partial charge in [-0.3, -0.25) is 14.9 Å². The molecule has 1 aliphatic rings. The van der Waals surface area contributed by atoms with Crippen molar-refractivity contribution >= 4 is 23.9 Å². The fourth-order valence-electron chi connectivity index (χ4n) is 4.03. The predicted octanol–water partition coefficient (Wildman–Crippen LogP) is 3.31. The molecule has 0 saturated carbocycles. The molecule has 1 N–H and O–H groups in total. The Morgan fingerprint density at radius 3 is 2.24 bits per heavy atom. The first-order valence-electron chi connectivity index (χ1n) is 14.1. The number of nitrogens with zero attached hydrogens (tertiary/aromatic N) is 2. The van der Waals surface area contributed by atoms with E-state index in [1.807, 2.05) is 60.7 Å². The SMILES string of the molecule is [2H]C([2H])([2H])N1C[C@@H](C(=O)OC(C)(C)C)N(C(=O)[C@H](C)N[C@@H](CCc2ccccc2)C(=O)OCc2ccccc2)C1=O. The van der Waals surface area contributed by atoms with Crippen LogP contribution in [0.3, 0.4) is 0 Å². The van der Waals surface area contributed by atoms with Gasteiger partial charge in [0.15, 0.2) is 6.04 Å². The quantitative estimate of drug-likeness (QED) is 0.474. The standard InChI is InChI=1S/C29H37N3O6/c1-20(25(33)32-24(18-31(5)28(32)36)27(35)38-29(2,3)4)30-23(17-16-21-12-8-6-9-13-21)26(34)37-19-22-14-10-7-11-15-22/h6-15,20,23-24,30H,16-19H2,1-5H3/t20-,23-,24-/m0/s1/i5D3. The van der Waals surface area contributed by atoms with Crippen LogP contribution in [-0.2, 0) is 36.9 Å². The summed E-state index contributed by atoms with van der Waals surface area (Å²) in [5.41, 5.74) is 0.832. The molecule has 9 nitrogen and oxygen atoms in total. The highest BCUT2D eigenvalue weighted by molar-refractivity contribution is 6.03. The van der Waals surface area contributed by atoms with Crippen molar-refractivity contribution in [2.24, 2.45) is 0 Å². The number of esters is 2. The first-order valence-corrected chi connectivity index (χ1v) is 12.6. The first kappa shape index (κ1) is 24.6. The van der Waals surface area contributed by atoms with Gasteiger partial charge in [0.05, 0.1) is 12.6 Å². The van der Waals surface area contributed by atoms with Gasteiger partial charge in [0.2, 0.25) is 5.91 Å². The number of hydrogen-bond donors (Lipinski definition) is 1. The van der Waals surface area contributed by atoms with Gasteiger partial charge in [-0.15, -0.1) is 0 Å². The molecular formula is C29H37N3O6. The Hall–Kier alpha value is -3.72. The number of urea groups is 1. The molecule has 0 unspecified atom stereocenters. The molecule has 1 saturated heterocycles. The number of ether oxygens (including phenoxy) is 2. The van der Waals surface area contributed by atoms with Gasteiger partial charge < -0.3 is 14.4 Å². The van der Waals surface area contributed by atoms with Crippen LogP contribution in [0.25, 0.3) is 0 Å². The molecule has 3 rings (SSSR count). The lowest BCUT2D eigenvalue weighted by Gasteiger charge is -2.28. The molecule has 3 amide bonds. The maximum absolute atomic E-state index is 13.6. The molecule has 9 heteroatoms. The molecule has 2 aromatic carbocycles. The van der Waals surface area contributed by atoms with Crippen LogP contribution in [0.5, 0.6) is 0 Å². The number of carbonyl (C=O) groups is 4. The van der Waals surface area contributed by atoms with E-state index in [4.69, 9.17) is 13.6 Å². The molecule has 0 radical (unpaired) electrons. The Labute approximate surface area is 228 Å².